The van der Waals surface area contributed by atoms with E-state index < -0.39 is 11.4 Å². The highest BCUT2D eigenvalue weighted by atomic mass is 19.1. The summed E-state index contributed by atoms with van der Waals surface area (Å²) in [4.78, 5) is 12.2. The van der Waals surface area contributed by atoms with E-state index in [0.717, 1.165) is 25.7 Å². The molecule has 2 aliphatic rings. The lowest BCUT2D eigenvalue weighted by Gasteiger charge is -2.43. The first-order chi connectivity index (χ1) is 9.12. The number of carbonyl (C=O) groups excluding carboxylic acids is 1. The van der Waals surface area contributed by atoms with Crippen molar-refractivity contribution >= 4 is 5.78 Å². The van der Waals surface area contributed by atoms with Gasteiger partial charge < -0.3 is 9.47 Å². The zero-order chi connectivity index (χ0) is 13.5. The third kappa shape index (κ3) is 2.25. The van der Waals surface area contributed by atoms with E-state index in [2.05, 4.69) is 0 Å². The molecule has 19 heavy (non-hydrogen) atoms. The average Bonchev–Trinajstić information content (AvgIpc) is 2.40. The Morgan fingerprint density at radius 1 is 1.47 bits per heavy atom. The van der Waals surface area contributed by atoms with Crippen molar-refractivity contribution in [3.8, 4) is 5.75 Å². The van der Waals surface area contributed by atoms with Crippen LogP contribution >= 0.6 is 0 Å². The maximum absolute atomic E-state index is 13.2. The van der Waals surface area contributed by atoms with Gasteiger partial charge in [-0.25, -0.2) is 4.39 Å². The molecule has 1 heterocycles. The van der Waals surface area contributed by atoms with Crippen molar-refractivity contribution in [1.29, 1.82) is 0 Å². The van der Waals surface area contributed by atoms with Crippen LogP contribution in [0, 0.1) is 5.82 Å². The number of carbonyl (C=O) groups is 1. The normalized spacial score (nSPS) is 30.0. The molecule has 1 aliphatic heterocycles. The third-order valence-corrected chi connectivity index (χ3v) is 4.14. The van der Waals surface area contributed by atoms with Gasteiger partial charge >= 0.3 is 0 Å². The minimum absolute atomic E-state index is 0.0301. The summed E-state index contributed by atoms with van der Waals surface area (Å²) in [6.07, 6.45) is 4.04. The fourth-order valence-electron chi connectivity index (χ4n) is 3.19. The van der Waals surface area contributed by atoms with Gasteiger partial charge in [0, 0.05) is 13.5 Å². The van der Waals surface area contributed by atoms with Crippen LogP contribution in [-0.4, -0.2) is 24.6 Å². The van der Waals surface area contributed by atoms with Gasteiger partial charge in [0.2, 0.25) is 0 Å². The number of ether oxygens (including phenoxy) is 2. The topological polar surface area (TPSA) is 35.5 Å². The van der Waals surface area contributed by atoms with Crippen molar-refractivity contribution in [2.45, 2.75) is 43.8 Å². The fraction of sp³-hybridized carbons (Fsp3) is 0.533. The van der Waals surface area contributed by atoms with E-state index in [-0.39, 0.29) is 11.9 Å². The number of halogens is 1. The summed E-state index contributed by atoms with van der Waals surface area (Å²) in [5.74, 6) is 0.0805. The molecule has 1 aliphatic carbocycles. The molecule has 2 unspecified atom stereocenters. The second-order valence-electron chi connectivity index (χ2n) is 5.48. The number of hydrogen-bond acceptors (Lipinski definition) is 3. The first-order valence-electron chi connectivity index (χ1n) is 6.66. The van der Waals surface area contributed by atoms with Gasteiger partial charge in [-0.1, -0.05) is 0 Å². The molecular weight excluding hydrogens is 247 g/mol. The molecule has 1 aromatic rings. The molecule has 0 bridgehead atoms. The molecule has 0 N–H and O–H groups in total. The predicted molar refractivity (Wildman–Crippen MR) is 68.0 cm³/mol. The van der Waals surface area contributed by atoms with E-state index >= 15 is 0 Å². The van der Waals surface area contributed by atoms with Gasteiger partial charge in [0.1, 0.15) is 17.2 Å². The summed E-state index contributed by atoms with van der Waals surface area (Å²) in [5, 5.41) is 0. The molecule has 3 rings (SSSR count). The maximum atomic E-state index is 13.2. The number of ketones is 1. The van der Waals surface area contributed by atoms with Crippen LogP contribution in [0.5, 0.6) is 5.75 Å². The molecule has 102 valence electrons. The standard InChI is InChI=1S/C15H17FO3/c1-18-11-3-2-6-15(8-11)9-13(17)12-7-10(16)4-5-14(12)19-15/h4-5,7,11H,2-3,6,8-9H2,1H3. The van der Waals surface area contributed by atoms with Crippen molar-refractivity contribution < 1.29 is 18.7 Å². The number of methoxy groups -OCH3 is 1. The van der Waals surface area contributed by atoms with Crippen molar-refractivity contribution in [3.63, 3.8) is 0 Å². The highest BCUT2D eigenvalue weighted by Gasteiger charge is 2.44. The quantitative estimate of drug-likeness (QED) is 0.781. The number of Topliss-reactive ketones (excluding diaryl/α,β-unsaturated/α-hetero) is 1. The monoisotopic (exact) mass is 264 g/mol. The van der Waals surface area contributed by atoms with E-state index in [9.17, 15) is 9.18 Å². The average molecular weight is 264 g/mol. The van der Waals surface area contributed by atoms with Crippen LogP contribution in [0.3, 0.4) is 0 Å². The highest BCUT2D eigenvalue weighted by molar-refractivity contribution is 6.00. The molecule has 4 heteroatoms. The smallest absolute Gasteiger partial charge is 0.170 e. The van der Waals surface area contributed by atoms with Crippen LogP contribution in [0.25, 0.3) is 0 Å². The first-order valence-corrected chi connectivity index (χ1v) is 6.66. The lowest BCUT2D eigenvalue weighted by atomic mass is 9.77. The molecule has 0 saturated heterocycles. The van der Waals surface area contributed by atoms with Gasteiger partial charge in [-0.2, -0.15) is 0 Å². The van der Waals surface area contributed by atoms with Crippen LogP contribution in [0.4, 0.5) is 4.39 Å². The van der Waals surface area contributed by atoms with Crippen LogP contribution < -0.4 is 4.74 Å². The zero-order valence-corrected chi connectivity index (χ0v) is 10.9. The fourth-order valence-corrected chi connectivity index (χ4v) is 3.19. The van der Waals surface area contributed by atoms with Crippen molar-refractivity contribution in [1.82, 2.24) is 0 Å². The predicted octanol–water partition coefficient (Wildman–Crippen LogP) is 3.12. The Bertz CT molecular complexity index is 514. The largest absolute Gasteiger partial charge is 0.486 e. The minimum atomic E-state index is -0.458. The van der Waals surface area contributed by atoms with E-state index in [1.807, 2.05) is 0 Å². The van der Waals surface area contributed by atoms with Gasteiger partial charge in [0.05, 0.1) is 18.1 Å². The molecule has 0 amide bonds. The van der Waals surface area contributed by atoms with Gasteiger partial charge in [-0.15, -0.1) is 0 Å². The Hall–Kier alpha value is -1.42. The lowest BCUT2D eigenvalue weighted by Crippen LogP contribution is -2.47. The molecule has 3 nitrogen and oxygen atoms in total. The van der Waals surface area contributed by atoms with Gasteiger partial charge in [0.25, 0.3) is 0 Å². The highest BCUT2D eigenvalue weighted by Crippen LogP contribution is 2.42. The Morgan fingerprint density at radius 2 is 2.32 bits per heavy atom. The summed E-state index contributed by atoms with van der Waals surface area (Å²) in [6.45, 7) is 0. The number of rotatable bonds is 1. The van der Waals surface area contributed by atoms with Crippen LogP contribution in [0.15, 0.2) is 18.2 Å². The molecule has 2 atom stereocenters. The van der Waals surface area contributed by atoms with Crippen molar-refractivity contribution in [2.24, 2.45) is 0 Å². The molecule has 1 spiro atoms. The minimum Gasteiger partial charge on any atom is -0.486 e. The molecule has 1 aromatic carbocycles. The Kier molecular flexibility index (Phi) is 3.05. The third-order valence-electron chi connectivity index (χ3n) is 4.14. The Morgan fingerprint density at radius 3 is 3.11 bits per heavy atom. The maximum Gasteiger partial charge on any atom is 0.170 e. The summed E-state index contributed by atoms with van der Waals surface area (Å²) in [6, 6.07) is 4.16. The van der Waals surface area contributed by atoms with Gasteiger partial charge in [-0.05, 0) is 37.5 Å². The van der Waals surface area contributed by atoms with Gasteiger partial charge in [-0.3, -0.25) is 4.79 Å². The van der Waals surface area contributed by atoms with Crippen LogP contribution in [0.1, 0.15) is 42.5 Å². The summed E-state index contributed by atoms with van der Waals surface area (Å²) in [7, 11) is 1.69. The van der Waals surface area contributed by atoms with Crippen LogP contribution in [-0.2, 0) is 4.74 Å². The van der Waals surface area contributed by atoms with Crippen molar-refractivity contribution in [2.75, 3.05) is 7.11 Å². The SMILES string of the molecule is COC1CCCC2(CC(=O)c3cc(F)ccc3O2)C1. The Labute approximate surface area is 111 Å². The molecule has 0 radical (unpaired) electrons. The summed E-state index contributed by atoms with van der Waals surface area (Å²) < 4.78 is 24.7. The molecule has 0 aromatic heterocycles. The second-order valence-corrected chi connectivity index (χ2v) is 5.48. The summed E-state index contributed by atoms with van der Waals surface area (Å²) >= 11 is 0. The molecular formula is C15H17FO3. The second kappa shape index (κ2) is 4.60. The van der Waals surface area contributed by atoms with Crippen molar-refractivity contribution in [3.05, 3.63) is 29.6 Å². The molecule has 1 saturated carbocycles. The first kappa shape index (κ1) is 12.6. The van der Waals surface area contributed by atoms with Gasteiger partial charge in [0.15, 0.2) is 5.78 Å². The number of fused-ring (bicyclic) bond motifs is 1. The lowest BCUT2D eigenvalue weighted by molar-refractivity contribution is -0.0467. The Balaban J connectivity index is 1.92. The summed E-state index contributed by atoms with van der Waals surface area (Å²) in [5.41, 5.74) is -0.0916. The van der Waals surface area contributed by atoms with E-state index in [1.54, 1.807) is 13.2 Å². The molecule has 1 fully saturated rings. The van der Waals surface area contributed by atoms with Crippen LogP contribution in [0.2, 0.25) is 0 Å². The number of hydrogen-bond donors (Lipinski definition) is 0. The van der Waals surface area contributed by atoms with E-state index in [1.165, 1.54) is 12.1 Å². The van der Waals surface area contributed by atoms with E-state index in [4.69, 9.17) is 9.47 Å². The van der Waals surface area contributed by atoms with E-state index in [0.29, 0.717) is 17.7 Å². The number of benzene rings is 1. The zero-order valence-electron chi connectivity index (χ0n) is 10.9.